The Kier molecular flexibility index (Phi) is 1.58. The second kappa shape index (κ2) is 2.22. The van der Waals surface area contributed by atoms with Gasteiger partial charge in [0.25, 0.3) is 0 Å². The van der Waals surface area contributed by atoms with Gasteiger partial charge in [-0.3, -0.25) is 5.01 Å². The second-order valence-electron chi connectivity index (χ2n) is 1.76. The van der Waals surface area contributed by atoms with Crippen molar-refractivity contribution in [2.24, 2.45) is 5.10 Å². The van der Waals surface area contributed by atoms with Crippen molar-refractivity contribution < 1.29 is 0 Å². The van der Waals surface area contributed by atoms with Crippen molar-refractivity contribution >= 4 is 17.9 Å². The Balaban J connectivity index is 2.34. The lowest BCUT2D eigenvalue weighted by molar-refractivity contribution is 0.290. The van der Waals surface area contributed by atoms with Crippen molar-refractivity contribution in [3.05, 3.63) is 0 Å². The number of rotatable bonds is 1. The van der Waals surface area contributed by atoms with Gasteiger partial charge in [-0.2, -0.15) is 5.10 Å². The first-order chi connectivity index (χ1) is 3.83. The van der Waals surface area contributed by atoms with Gasteiger partial charge in [-0.1, -0.05) is 0 Å². The molecule has 0 saturated carbocycles. The van der Waals surface area contributed by atoms with E-state index in [0.29, 0.717) is 6.00 Å². The van der Waals surface area contributed by atoms with Crippen LogP contribution < -0.4 is 0 Å². The lowest BCUT2D eigenvalue weighted by Crippen LogP contribution is -2.21. The normalized spacial score (nSPS) is 18.2. The molecule has 0 radical (unpaired) electrons. The maximum Gasteiger partial charge on any atom is 0.112 e. The molecule has 0 fully saturated rings. The standard InChI is InChI=1S/C4H8ClN3/c1-7-3-6-8(2-5)4-7/h3H,2,4H2,1H3. The minimum absolute atomic E-state index is 0.473. The summed E-state index contributed by atoms with van der Waals surface area (Å²) in [6, 6.07) is 0.473. The summed E-state index contributed by atoms with van der Waals surface area (Å²) in [5.41, 5.74) is 0. The van der Waals surface area contributed by atoms with Gasteiger partial charge >= 0.3 is 0 Å². The number of hydrazone groups is 1. The molecule has 1 aliphatic heterocycles. The Labute approximate surface area is 53.5 Å². The molecule has 0 spiro atoms. The third kappa shape index (κ3) is 1.04. The molecule has 0 aromatic rings. The Morgan fingerprint density at radius 3 is 2.88 bits per heavy atom. The van der Waals surface area contributed by atoms with Crippen molar-refractivity contribution in [3.63, 3.8) is 0 Å². The molecule has 0 atom stereocenters. The molecule has 1 heterocycles. The highest BCUT2D eigenvalue weighted by molar-refractivity contribution is 6.17. The first kappa shape index (κ1) is 5.69. The predicted molar refractivity (Wildman–Crippen MR) is 33.7 cm³/mol. The average molecular weight is 134 g/mol. The Morgan fingerprint density at radius 1 is 1.88 bits per heavy atom. The lowest BCUT2D eigenvalue weighted by atomic mass is 10.9. The van der Waals surface area contributed by atoms with E-state index in [1.807, 2.05) is 11.9 Å². The van der Waals surface area contributed by atoms with E-state index in [2.05, 4.69) is 5.10 Å². The number of nitrogens with zero attached hydrogens (tertiary/aromatic N) is 3. The quantitative estimate of drug-likeness (QED) is 0.379. The van der Waals surface area contributed by atoms with Crippen LogP contribution in [0.1, 0.15) is 0 Å². The zero-order valence-corrected chi connectivity index (χ0v) is 5.47. The highest BCUT2D eigenvalue weighted by atomic mass is 35.5. The van der Waals surface area contributed by atoms with Gasteiger partial charge in [0.15, 0.2) is 0 Å². The Hall–Kier alpha value is -0.440. The van der Waals surface area contributed by atoms with Crippen LogP contribution in [0.2, 0.25) is 0 Å². The van der Waals surface area contributed by atoms with E-state index in [9.17, 15) is 0 Å². The van der Waals surface area contributed by atoms with Gasteiger partial charge in [0, 0.05) is 7.05 Å². The molecule has 1 rings (SSSR count). The Morgan fingerprint density at radius 2 is 2.62 bits per heavy atom. The minimum Gasteiger partial charge on any atom is -0.345 e. The molecule has 0 bridgehead atoms. The first-order valence-corrected chi connectivity index (χ1v) is 2.91. The summed E-state index contributed by atoms with van der Waals surface area (Å²) in [6.07, 6.45) is 1.75. The van der Waals surface area contributed by atoms with E-state index in [1.54, 1.807) is 11.3 Å². The fourth-order valence-electron chi connectivity index (χ4n) is 0.560. The molecule has 0 aromatic carbocycles. The van der Waals surface area contributed by atoms with E-state index < -0.39 is 0 Å². The summed E-state index contributed by atoms with van der Waals surface area (Å²) in [5, 5.41) is 5.70. The smallest absolute Gasteiger partial charge is 0.112 e. The van der Waals surface area contributed by atoms with Crippen LogP contribution in [0.5, 0.6) is 0 Å². The average Bonchev–Trinajstić information content (AvgIpc) is 2.14. The zero-order chi connectivity index (χ0) is 5.98. The van der Waals surface area contributed by atoms with E-state index in [-0.39, 0.29) is 0 Å². The fraction of sp³-hybridized carbons (Fsp3) is 0.750. The molecular weight excluding hydrogens is 126 g/mol. The van der Waals surface area contributed by atoms with Crippen LogP contribution in [0.4, 0.5) is 0 Å². The van der Waals surface area contributed by atoms with Crippen molar-refractivity contribution in [3.8, 4) is 0 Å². The third-order valence-corrected chi connectivity index (χ3v) is 1.21. The number of halogens is 1. The van der Waals surface area contributed by atoms with Gasteiger partial charge in [-0.05, 0) is 0 Å². The van der Waals surface area contributed by atoms with Crippen LogP contribution >= 0.6 is 11.6 Å². The van der Waals surface area contributed by atoms with Crippen molar-refractivity contribution in [1.82, 2.24) is 9.91 Å². The van der Waals surface area contributed by atoms with E-state index in [1.165, 1.54) is 0 Å². The summed E-state index contributed by atoms with van der Waals surface area (Å²) in [4.78, 5) is 1.96. The van der Waals surface area contributed by atoms with Crippen LogP contribution in [-0.4, -0.2) is 36.0 Å². The summed E-state index contributed by atoms with van der Waals surface area (Å²) in [5.74, 6) is 0. The molecule has 1 aliphatic rings. The Bertz CT molecular complexity index is 103. The number of alkyl halides is 1. The molecule has 0 unspecified atom stereocenters. The summed E-state index contributed by atoms with van der Waals surface area (Å²) in [7, 11) is 1.95. The van der Waals surface area contributed by atoms with E-state index >= 15 is 0 Å². The summed E-state index contributed by atoms with van der Waals surface area (Å²) < 4.78 is 0. The highest BCUT2D eigenvalue weighted by Gasteiger charge is 2.06. The van der Waals surface area contributed by atoms with Crippen molar-refractivity contribution in [2.75, 3.05) is 19.7 Å². The fourth-order valence-corrected chi connectivity index (χ4v) is 0.698. The van der Waals surface area contributed by atoms with Crippen LogP contribution in [0.25, 0.3) is 0 Å². The zero-order valence-electron chi connectivity index (χ0n) is 4.71. The molecule has 8 heavy (non-hydrogen) atoms. The molecule has 4 heteroatoms. The molecule has 3 nitrogen and oxygen atoms in total. The molecule has 0 aromatic heterocycles. The van der Waals surface area contributed by atoms with Crippen molar-refractivity contribution in [1.29, 1.82) is 0 Å². The van der Waals surface area contributed by atoms with Crippen LogP contribution in [-0.2, 0) is 0 Å². The maximum atomic E-state index is 5.46. The number of hydrogen-bond donors (Lipinski definition) is 0. The highest BCUT2D eigenvalue weighted by Crippen LogP contribution is 1.98. The lowest BCUT2D eigenvalue weighted by Gasteiger charge is -2.10. The molecule has 0 N–H and O–H groups in total. The molecule has 46 valence electrons. The molecular formula is C4H8ClN3. The maximum absolute atomic E-state index is 5.46. The topological polar surface area (TPSA) is 18.8 Å². The first-order valence-electron chi connectivity index (χ1n) is 2.38. The van der Waals surface area contributed by atoms with E-state index in [4.69, 9.17) is 11.6 Å². The van der Waals surface area contributed by atoms with Crippen LogP contribution in [0, 0.1) is 0 Å². The van der Waals surface area contributed by atoms with Crippen LogP contribution in [0.3, 0.4) is 0 Å². The van der Waals surface area contributed by atoms with Gasteiger partial charge in [-0.15, -0.1) is 11.6 Å². The van der Waals surface area contributed by atoms with Gasteiger partial charge < -0.3 is 4.90 Å². The van der Waals surface area contributed by atoms with Gasteiger partial charge in [0.05, 0.1) is 0 Å². The minimum atomic E-state index is 0.473. The predicted octanol–water partition coefficient (Wildman–Crippen LogP) is 0.331. The molecule has 0 saturated heterocycles. The van der Waals surface area contributed by atoms with Crippen molar-refractivity contribution in [2.45, 2.75) is 0 Å². The summed E-state index contributed by atoms with van der Waals surface area (Å²) >= 11 is 5.46. The van der Waals surface area contributed by atoms with Gasteiger partial charge in [0.1, 0.15) is 19.0 Å². The largest absolute Gasteiger partial charge is 0.345 e. The SMILES string of the molecule is CN1C=NN(CCl)C1. The molecule has 0 aliphatic carbocycles. The monoisotopic (exact) mass is 133 g/mol. The molecule has 0 amide bonds. The van der Waals surface area contributed by atoms with Gasteiger partial charge in [-0.25, -0.2) is 0 Å². The van der Waals surface area contributed by atoms with Crippen LogP contribution in [0.15, 0.2) is 5.10 Å². The third-order valence-electron chi connectivity index (χ3n) is 0.936. The second-order valence-corrected chi connectivity index (χ2v) is 1.99. The van der Waals surface area contributed by atoms with E-state index in [0.717, 1.165) is 6.67 Å². The number of hydrogen-bond acceptors (Lipinski definition) is 3. The van der Waals surface area contributed by atoms with Gasteiger partial charge in [0.2, 0.25) is 0 Å². The summed E-state index contributed by atoms with van der Waals surface area (Å²) in [6.45, 7) is 0.809.